The van der Waals surface area contributed by atoms with Crippen molar-refractivity contribution in [2.75, 3.05) is 0 Å². The number of thioether (sulfide) groups is 1. The number of para-hydroxylation sites is 1. The highest BCUT2D eigenvalue weighted by Gasteiger charge is 2.21. The van der Waals surface area contributed by atoms with Crippen molar-refractivity contribution < 1.29 is 14.1 Å². The van der Waals surface area contributed by atoms with Crippen molar-refractivity contribution >= 4 is 23.4 Å². The molecule has 0 saturated heterocycles. The Morgan fingerprint density at radius 2 is 1.94 bits per heavy atom. The maximum absolute atomic E-state index is 12.3. The first-order chi connectivity index (χ1) is 16.6. The Morgan fingerprint density at radius 3 is 2.65 bits per heavy atom. The van der Waals surface area contributed by atoms with Crippen LogP contribution in [0.5, 0.6) is 0 Å². The second kappa shape index (κ2) is 10.6. The van der Waals surface area contributed by atoms with E-state index in [1.54, 1.807) is 59.4 Å². The Kier molecular flexibility index (Phi) is 7.19. The smallest absolute Gasteiger partial charge is 0.280 e. The lowest BCUT2D eigenvalue weighted by Gasteiger charge is -2.08. The number of carbonyl (C=O) groups excluding carboxylic acids is 1. The summed E-state index contributed by atoms with van der Waals surface area (Å²) in [6.45, 7) is 4.51. The molecule has 0 bridgehead atoms. The first-order valence-corrected chi connectivity index (χ1v) is 11.4. The quantitative estimate of drug-likeness (QED) is 0.151. The Labute approximate surface area is 199 Å². The van der Waals surface area contributed by atoms with Gasteiger partial charge in [-0.25, -0.2) is 0 Å². The first-order valence-electron chi connectivity index (χ1n) is 10.4. The lowest BCUT2D eigenvalue weighted by Crippen LogP contribution is -2.22. The molecule has 0 radical (unpaired) electrons. The highest BCUT2D eigenvalue weighted by molar-refractivity contribution is 7.98. The molecule has 10 heteroatoms. The van der Waals surface area contributed by atoms with Gasteiger partial charge in [0.25, 0.3) is 11.6 Å². The van der Waals surface area contributed by atoms with Gasteiger partial charge < -0.3 is 9.73 Å². The minimum atomic E-state index is -0.429. The van der Waals surface area contributed by atoms with Crippen LogP contribution in [-0.4, -0.2) is 25.6 Å². The molecule has 1 N–H and O–H groups in total. The van der Waals surface area contributed by atoms with Crippen LogP contribution in [0, 0.1) is 10.1 Å². The number of nitrogens with one attached hydrogen (secondary N) is 1. The molecule has 2 aromatic carbocycles. The molecule has 34 heavy (non-hydrogen) atoms. The largest absolute Gasteiger partial charge is 0.467 e. The maximum atomic E-state index is 12.3. The number of hydrogen-bond acceptors (Lipinski definition) is 7. The number of nitro benzene ring substituents is 1. The standard InChI is InChI=1S/C24H21N5O4S/c1-2-13-28-22(20-7-3-4-8-21(20)29(31)32)26-27-24(28)34-16-17-9-11-18(12-10-17)23(30)25-15-19-6-5-14-33-19/h2-12,14H,1,13,15-16H2,(H,25,30). The van der Waals surface area contributed by atoms with E-state index < -0.39 is 4.92 Å². The number of rotatable bonds is 10. The van der Waals surface area contributed by atoms with Crippen LogP contribution in [0.15, 0.2) is 89.2 Å². The molecular weight excluding hydrogens is 454 g/mol. The molecule has 2 heterocycles. The van der Waals surface area contributed by atoms with Crippen molar-refractivity contribution in [3.63, 3.8) is 0 Å². The van der Waals surface area contributed by atoms with Crippen LogP contribution in [0.1, 0.15) is 21.7 Å². The van der Waals surface area contributed by atoms with Gasteiger partial charge in [-0.2, -0.15) is 0 Å². The monoisotopic (exact) mass is 475 g/mol. The number of furan rings is 1. The number of nitro groups is 1. The van der Waals surface area contributed by atoms with E-state index in [-0.39, 0.29) is 11.6 Å². The SMILES string of the molecule is C=CCn1c(SCc2ccc(C(=O)NCc3ccco3)cc2)nnc1-c1ccccc1[N+](=O)[O-]. The minimum Gasteiger partial charge on any atom is -0.467 e. The summed E-state index contributed by atoms with van der Waals surface area (Å²) in [5.41, 5.74) is 1.91. The molecule has 4 aromatic rings. The topological polar surface area (TPSA) is 116 Å². The molecule has 1 amide bonds. The first kappa shape index (κ1) is 23.0. The van der Waals surface area contributed by atoms with Crippen molar-refractivity contribution in [3.05, 3.63) is 107 Å². The van der Waals surface area contributed by atoms with Crippen LogP contribution in [-0.2, 0) is 18.8 Å². The normalized spacial score (nSPS) is 10.7. The zero-order valence-corrected chi connectivity index (χ0v) is 18.9. The molecule has 0 atom stereocenters. The summed E-state index contributed by atoms with van der Waals surface area (Å²) >= 11 is 1.45. The fourth-order valence-electron chi connectivity index (χ4n) is 3.29. The predicted molar refractivity (Wildman–Crippen MR) is 128 cm³/mol. The Morgan fingerprint density at radius 1 is 1.15 bits per heavy atom. The average Bonchev–Trinajstić information content (AvgIpc) is 3.52. The summed E-state index contributed by atoms with van der Waals surface area (Å²) in [5, 5.41) is 23.4. The summed E-state index contributed by atoms with van der Waals surface area (Å²) in [4.78, 5) is 23.3. The lowest BCUT2D eigenvalue weighted by atomic mass is 10.1. The fraction of sp³-hybridized carbons (Fsp3) is 0.125. The number of amides is 1. The van der Waals surface area contributed by atoms with Crippen molar-refractivity contribution in [3.8, 4) is 11.4 Å². The third kappa shape index (κ3) is 5.24. The van der Waals surface area contributed by atoms with Crippen molar-refractivity contribution in [1.29, 1.82) is 0 Å². The summed E-state index contributed by atoms with van der Waals surface area (Å²) in [7, 11) is 0. The van der Waals surface area contributed by atoms with Crippen LogP contribution < -0.4 is 5.32 Å². The average molecular weight is 476 g/mol. The molecule has 0 saturated carbocycles. The lowest BCUT2D eigenvalue weighted by molar-refractivity contribution is -0.384. The van der Waals surface area contributed by atoms with Gasteiger partial charge in [-0.3, -0.25) is 19.5 Å². The highest BCUT2D eigenvalue weighted by Crippen LogP contribution is 2.31. The van der Waals surface area contributed by atoms with Gasteiger partial charge in [0.05, 0.1) is 23.3 Å². The van der Waals surface area contributed by atoms with Gasteiger partial charge in [0.2, 0.25) is 0 Å². The minimum absolute atomic E-state index is 0.0299. The Balaban J connectivity index is 1.45. The number of nitrogens with zero attached hydrogens (tertiary/aromatic N) is 4. The van der Waals surface area contributed by atoms with Crippen LogP contribution in [0.2, 0.25) is 0 Å². The number of carbonyl (C=O) groups is 1. The van der Waals surface area contributed by atoms with E-state index in [1.807, 2.05) is 12.1 Å². The number of aromatic nitrogens is 3. The Bertz CT molecular complexity index is 1300. The highest BCUT2D eigenvalue weighted by atomic mass is 32.2. The van der Waals surface area contributed by atoms with Gasteiger partial charge in [-0.05, 0) is 35.9 Å². The van der Waals surface area contributed by atoms with Gasteiger partial charge >= 0.3 is 0 Å². The molecule has 4 rings (SSSR count). The van der Waals surface area contributed by atoms with E-state index in [0.29, 0.717) is 46.7 Å². The second-order valence-electron chi connectivity index (χ2n) is 7.23. The summed E-state index contributed by atoms with van der Waals surface area (Å²) in [6, 6.07) is 17.3. The van der Waals surface area contributed by atoms with E-state index in [4.69, 9.17) is 4.42 Å². The molecule has 0 fully saturated rings. The molecule has 0 aliphatic heterocycles. The molecule has 0 spiro atoms. The third-order valence-electron chi connectivity index (χ3n) is 4.96. The maximum Gasteiger partial charge on any atom is 0.280 e. The second-order valence-corrected chi connectivity index (χ2v) is 8.17. The molecule has 0 unspecified atom stereocenters. The molecule has 0 aliphatic carbocycles. The summed E-state index contributed by atoms with van der Waals surface area (Å²) in [5.74, 6) is 1.50. The van der Waals surface area contributed by atoms with E-state index in [2.05, 4.69) is 22.1 Å². The van der Waals surface area contributed by atoms with Crippen LogP contribution >= 0.6 is 11.8 Å². The Hall–Kier alpha value is -4.18. The predicted octanol–water partition coefficient (Wildman–Crippen LogP) is 4.85. The van der Waals surface area contributed by atoms with E-state index in [1.165, 1.54) is 17.8 Å². The molecular formula is C24H21N5O4S. The zero-order chi connectivity index (χ0) is 23.9. The van der Waals surface area contributed by atoms with Gasteiger partial charge in [0, 0.05) is 23.9 Å². The number of benzene rings is 2. The number of allylic oxidation sites excluding steroid dienone is 1. The molecule has 0 aliphatic rings. The van der Waals surface area contributed by atoms with Gasteiger partial charge in [-0.1, -0.05) is 42.1 Å². The van der Waals surface area contributed by atoms with Crippen molar-refractivity contribution in [2.45, 2.75) is 24.0 Å². The van der Waals surface area contributed by atoms with E-state index >= 15 is 0 Å². The van der Waals surface area contributed by atoms with Crippen LogP contribution in [0.4, 0.5) is 5.69 Å². The number of hydrogen-bond donors (Lipinski definition) is 1. The van der Waals surface area contributed by atoms with Gasteiger partial charge in [0.1, 0.15) is 5.76 Å². The fourth-order valence-corrected chi connectivity index (χ4v) is 4.20. The summed E-state index contributed by atoms with van der Waals surface area (Å²) in [6.07, 6.45) is 3.26. The molecule has 172 valence electrons. The molecule has 2 aromatic heterocycles. The van der Waals surface area contributed by atoms with Crippen LogP contribution in [0.3, 0.4) is 0 Å². The molecule has 9 nitrogen and oxygen atoms in total. The van der Waals surface area contributed by atoms with Gasteiger partial charge in [-0.15, -0.1) is 16.8 Å². The summed E-state index contributed by atoms with van der Waals surface area (Å²) < 4.78 is 7.02. The van der Waals surface area contributed by atoms with Crippen molar-refractivity contribution in [1.82, 2.24) is 20.1 Å². The van der Waals surface area contributed by atoms with E-state index in [9.17, 15) is 14.9 Å². The van der Waals surface area contributed by atoms with E-state index in [0.717, 1.165) is 5.56 Å². The zero-order valence-electron chi connectivity index (χ0n) is 18.1. The van der Waals surface area contributed by atoms with Crippen LogP contribution in [0.25, 0.3) is 11.4 Å². The van der Waals surface area contributed by atoms with Crippen molar-refractivity contribution in [2.24, 2.45) is 0 Å². The van der Waals surface area contributed by atoms with Gasteiger partial charge in [0.15, 0.2) is 11.0 Å². The third-order valence-corrected chi connectivity index (χ3v) is 6.00.